The maximum absolute atomic E-state index is 13.4. The van der Waals surface area contributed by atoms with Gasteiger partial charge in [0.15, 0.2) is 0 Å². The molecular formula is C15H14BrClFN. The van der Waals surface area contributed by atoms with Gasteiger partial charge in [-0.05, 0) is 42.3 Å². The standard InChI is InChI=1S/C15H14BrClFN/c16-13-6-5-12(14(17)9-13)10-19-8-7-11-3-1-2-4-15(11)18/h1-6,9,19H,7-8,10H2. The molecule has 0 aromatic heterocycles. The number of nitrogens with one attached hydrogen (secondary N) is 1. The van der Waals surface area contributed by atoms with E-state index in [1.807, 2.05) is 30.3 Å². The second-order valence-corrected chi connectivity index (χ2v) is 5.58. The molecule has 0 fully saturated rings. The average molecular weight is 343 g/mol. The van der Waals surface area contributed by atoms with Gasteiger partial charge in [-0.2, -0.15) is 0 Å². The van der Waals surface area contributed by atoms with Gasteiger partial charge in [0.1, 0.15) is 5.82 Å². The molecule has 2 aromatic rings. The lowest BCUT2D eigenvalue weighted by Crippen LogP contribution is -2.17. The third-order valence-electron chi connectivity index (χ3n) is 2.86. The Bertz CT molecular complexity index is 560. The zero-order chi connectivity index (χ0) is 13.7. The minimum Gasteiger partial charge on any atom is -0.312 e. The molecule has 0 atom stereocenters. The van der Waals surface area contributed by atoms with Crippen molar-refractivity contribution in [2.45, 2.75) is 13.0 Å². The summed E-state index contributed by atoms with van der Waals surface area (Å²) < 4.78 is 14.4. The van der Waals surface area contributed by atoms with Gasteiger partial charge in [-0.25, -0.2) is 4.39 Å². The number of halogens is 3. The van der Waals surface area contributed by atoms with Crippen LogP contribution in [-0.2, 0) is 13.0 Å². The number of hydrogen-bond acceptors (Lipinski definition) is 1. The summed E-state index contributed by atoms with van der Waals surface area (Å²) >= 11 is 9.49. The molecule has 0 aliphatic carbocycles. The maximum Gasteiger partial charge on any atom is 0.126 e. The summed E-state index contributed by atoms with van der Waals surface area (Å²) in [5, 5.41) is 4.00. The molecule has 0 radical (unpaired) electrons. The van der Waals surface area contributed by atoms with E-state index in [0.717, 1.165) is 20.6 Å². The van der Waals surface area contributed by atoms with E-state index in [1.165, 1.54) is 6.07 Å². The average Bonchev–Trinajstić information content (AvgIpc) is 2.38. The normalized spacial score (nSPS) is 10.7. The Balaban J connectivity index is 1.83. The van der Waals surface area contributed by atoms with Crippen molar-refractivity contribution < 1.29 is 4.39 Å². The molecule has 1 nitrogen and oxygen atoms in total. The maximum atomic E-state index is 13.4. The van der Waals surface area contributed by atoms with Gasteiger partial charge in [0.2, 0.25) is 0 Å². The molecule has 2 aromatic carbocycles. The van der Waals surface area contributed by atoms with E-state index in [0.29, 0.717) is 19.5 Å². The molecule has 0 spiro atoms. The Labute approximate surface area is 125 Å². The molecule has 0 bridgehead atoms. The van der Waals surface area contributed by atoms with Gasteiger partial charge in [0.25, 0.3) is 0 Å². The Morgan fingerprint density at radius 3 is 2.63 bits per heavy atom. The van der Waals surface area contributed by atoms with Crippen LogP contribution in [0.5, 0.6) is 0 Å². The van der Waals surface area contributed by atoms with E-state index in [1.54, 1.807) is 6.07 Å². The summed E-state index contributed by atoms with van der Waals surface area (Å²) in [6, 6.07) is 12.7. The highest BCUT2D eigenvalue weighted by molar-refractivity contribution is 9.10. The summed E-state index contributed by atoms with van der Waals surface area (Å²) in [5.41, 5.74) is 1.77. The lowest BCUT2D eigenvalue weighted by atomic mass is 10.1. The first-order chi connectivity index (χ1) is 9.16. The van der Waals surface area contributed by atoms with E-state index in [-0.39, 0.29) is 5.82 Å². The van der Waals surface area contributed by atoms with Crippen LogP contribution in [0.4, 0.5) is 4.39 Å². The molecule has 19 heavy (non-hydrogen) atoms. The topological polar surface area (TPSA) is 12.0 Å². The zero-order valence-corrected chi connectivity index (χ0v) is 12.6. The number of benzene rings is 2. The lowest BCUT2D eigenvalue weighted by molar-refractivity contribution is 0.598. The minimum absolute atomic E-state index is 0.147. The van der Waals surface area contributed by atoms with Gasteiger partial charge in [0, 0.05) is 16.0 Å². The molecule has 1 N–H and O–H groups in total. The van der Waals surface area contributed by atoms with Crippen LogP contribution < -0.4 is 5.32 Å². The first kappa shape index (κ1) is 14.5. The van der Waals surface area contributed by atoms with Crippen LogP contribution in [0, 0.1) is 5.82 Å². The van der Waals surface area contributed by atoms with Crippen LogP contribution in [0.3, 0.4) is 0 Å². The molecule has 100 valence electrons. The molecule has 4 heteroatoms. The second-order valence-electron chi connectivity index (χ2n) is 4.25. The summed E-state index contributed by atoms with van der Waals surface area (Å²) in [5.74, 6) is -0.147. The van der Waals surface area contributed by atoms with Gasteiger partial charge in [0.05, 0.1) is 0 Å². The Morgan fingerprint density at radius 1 is 1.11 bits per heavy atom. The van der Waals surface area contributed by atoms with Crippen molar-refractivity contribution in [1.29, 1.82) is 0 Å². The predicted octanol–water partition coefficient (Wildman–Crippen LogP) is 4.57. The van der Waals surface area contributed by atoms with Crippen molar-refractivity contribution in [3.05, 3.63) is 68.9 Å². The van der Waals surface area contributed by atoms with Crippen molar-refractivity contribution in [3.8, 4) is 0 Å². The molecule has 2 rings (SSSR count). The second kappa shape index (κ2) is 7.04. The third-order valence-corrected chi connectivity index (χ3v) is 3.70. The summed E-state index contributed by atoms with van der Waals surface area (Å²) in [6.07, 6.45) is 0.667. The van der Waals surface area contributed by atoms with E-state index < -0.39 is 0 Å². The molecule has 0 saturated heterocycles. The molecular weight excluding hydrogens is 329 g/mol. The largest absolute Gasteiger partial charge is 0.312 e. The van der Waals surface area contributed by atoms with E-state index in [2.05, 4.69) is 21.2 Å². The van der Waals surface area contributed by atoms with Crippen molar-refractivity contribution >= 4 is 27.5 Å². The highest BCUT2D eigenvalue weighted by Gasteiger charge is 2.02. The highest BCUT2D eigenvalue weighted by Crippen LogP contribution is 2.21. The van der Waals surface area contributed by atoms with Gasteiger partial charge in [-0.1, -0.05) is 51.8 Å². The summed E-state index contributed by atoms with van der Waals surface area (Å²) in [7, 11) is 0. The predicted molar refractivity (Wildman–Crippen MR) is 81.0 cm³/mol. The molecule has 0 heterocycles. The monoisotopic (exact) mass is 341 g/mol. The quantitative estimate of drug-likeness (QED) is 0.785. The minimum atomic E-state index is -0.147. The zero-order valence-electron chi connectivity index (χ0n) is 10.3. The van der Waals surface area contributed by atoms with Crippen molar-refractivity contribution in [2.24, 2.45) is 0 Å². The third kappa shape index (κ3) is 4.30. The van der Waals surface area contributed by atoms with E-state index >= 15 is 0 Å². The summed E-state index contributed by atoms with van der Waals surface area (Å²) in [6.45, 7) is 1.40. The Hall–Kier alpha value is -0.900. The van der Waals surface area contributed by atoms with Gasteiger partial charge < -0.3 is 5.32 Å². The number of rotatable bonds is 5. The van der Waals surface area contributed by atoms with Crippen LogP contribution in [0.1, 0.15) is 11.1 Å². The van der Waals surface area contributed by atoms with Crippen LogP contribution >= 0.6 is 27.5 Å². The molecule has 0 aliphatic rings. The fraction of sp³-hybridized carbons (Fsp3) is 0.200. The Morgan fingerprint density at radius 2 is 1.89 bits per heavy atom. The fourth-order valence-electron chi connectivity index (χ4n) is 1.81. The molecule has 0 saturated carbocycles. The van der Waals surface area contributed by atoms with Crippen LogP contribution in [0.25, 0.3) is 0 Å². The highest BCUT2D eigenvalue weighted by atomic mass is 79.9. The van der Waals surface area contributed by atoms with Crippen LogP contribution in [-0.4, -0.2) is 6.54 Å². The lowest BCUT2D eigenvalue weighted by Gasteiger charge is -2.07. The van der Waals surface area contributed by atoms with Crippen molar-refractivity contribution in [2.75, 3.05) is 6.54 Å². The summed E-state index contributed by atoms with van der Waals surface area (Å²) in [4.78, 5) is 0. The van der Waals surface area contributed by atoms with E-state index in [9.17, 15) is 4.39 Å². The first-order valence-electron chi connectivity index (χ1n) is 6.05. The smallest absolute Gasteiger partial charge is 0.126 e. The SMILES string of the molecule is Fc1ccccc1CCNCc1ccc(Br)cc1Cl. The van der Waals surface area contributed by atoms with Crippen molar-refractivity contribution in [1.82, 2.24) is 5.32 Å². The van der Waals surface area contributed by atoms with Crippen LogP contribution in [0.15, 0.2) is 46.9 Å². The van der Waals surface area contributed by atoms with Gasteiger partial charge >= 0.3 is 0 Å². The number of hydrogen-bond donors (Lipinski definition) is 1. The molecule has 0 unspecified atom stereocenters. The Kier molecular flexibility index (Phi) is 5.37. The van der Waals surface area contributed by atoms with E-state index in [4.69, 9.17) is 11.6 Å². The first-order valence-corrected chi connectivity index (χ1v) is 7.22. The van der Waals surface area contributed by atoms with Crippen LogP contribution in [0.2, 0.25) is 5.02 Å². The van der Waals surface area contributed by atoms with Crippen molar-refractivity contribution in [3.63, 3.8) is 0 Å². The fourth-order valence-corrected chi connectivity index (χ4v) is 2.55. The van der Waals surface area contributed by atoms with Gasteiger partial charge in [-0.15, -0.1) is 0 Å². The van der Waals surface area contributed by atoms with Gasteiger partial charge in [-0.3, -0.25) is 0 Å². The molecule has 0 amide bonds. The molecule has 0 aliphatic heterocycles.